The Kier molecular flexibility index (Phi) is 8.27. The molecule has 0 aliphatic carbocycles. The maximum Gasteiger partial charge on any atom is 0.257 e. The summed E-state index contributed by atoms with van der Waals surface area (Å²) in [6, 6.07) is 15.1. The molecule has 5 nitrogen and oxygen atoms in total. The minimum atomic E-state index is -0.196. The van der Waals surface area contributed by atoms with E-state index in [4.69, 9.17) is 9.47 Å². The van der Waals surface area contributed by atoms with Crippen LogP contribution in [0.15, 0.2) is 53.9 Å². The normalized spacial score (nSPS) is 10.6. The van der Waals surface area contributed by atoms with Gasteiger partial charge in [-0.1, -0.05) is 32.8 Å². The van der Waals surface area contributed by atoms with Gasteiger partial charge < -0.3 is 9.47 Å². The van der Waals surface area contributed by atoms with Gasteiger partial charge in [-0.3, -0.25) is 10.1 Å². The molecule has 1 heterocycles. The number of amides is 1. The Labute approximate surface area is 182 Å². The predicted octanol–water partition coefficient (Wildman–Crippen LogP) is 6.42. The van der Waals surface area contributed by atoms with E-state index in [9.17, 15) is 4.79 Å². The van der Waals surface area contributed by atoms with Crippen LogP contribution in [0.5, 0.6) is 11.5 Å². The largest absolute Gasteiger partial charge is 0.494 e. The summed E-state index contributed by atoms with van der Waals surface area (Å²) < 4.78 is 11.4. The van der Waals surface area contributed by atoms with Crippen LogP contribution in [0, 0.1) is 0 Å². The smallest absolute Gasteiger partial charge is 0.257 e. The molecule has 2 aromatic carbocycles. The minimum absolute atomic E-state index is 0.196. The number of aromatic nitrogens is 1. The van der Waals surface area contributed by atoms with E-state index in [0.29, 0.717) is 29.7 Å². The second-order valence-corrected chi connectivity index (χ2v) is 7.81. The van der Waals surface area contributed by atoms with E-state index >= 15 is 0 Å². The van der Waals surface area contributed by atoms with Gasteiger partial charge in [0, 0.05) is 16.5 Å². The second kappa shape index (κ2) is 11.4. The summed E-state index contributed by atoms with van der Waals surface area (Å²) in [5.74, 6) is 1.36. The van der Waals surface area contributed by atoms with Gasteiger partial charge in [-0.2, -0.15) is 0 Å². The molecule has 0 aliphatic heterocycles. The first kappa shape index (κ1) is 21.8. The number of ether oxygens (including phenoxy) is 2. The molecule has 0 saturated heterocycles. The van der Waals surface area contributed by atoms with Crippen LogP contribution in [0.1, 0.15) is 49.9 Å². The van der Waals surface area contributed by atoms with Crippen molar-refractivity contribution in [2.24, 2.45) is 0 Å². The molecule has 30 heavy (non-hydrogen) atoms. The van der Waals surface area contributed by atoms with Crippen LogP contribution in [-0.2, 0) is 0 Å². The molecule has 0 aliphatic rings. The highest BCUT2D eigenvalue weighted by Crippen LogP contribution is 2.27. The van der Waals surface area contributed by atoms with Crippen LogP contribution in [0.4, 0.5) is 5.13 Å². The van der Waals surface area contributed by atoms with Gasteiger partial charge in [0.25, 0.3) is 5.91 Å². The van der Waals surface area contributed by atoms with E-state index in [0.717, 1.165) is 42.7 Å². The van der Waals surface area contributed by atoms with Gasteiger partial charge in [-0.15, -0.1) is 11.3 Å². The fourth-order valence-corrected chi connectivity index (χ4v) is 3.56. The number of hydrogen-bond acceptors (Lipinski definition) is 5. The lowest BCUT2D eigenvalue weighted by molar-refractivity contribution is 0.102. The van der Waals surface area contributed by atoms with Crippen LogP contribution in [-0.4, -0.2) is 24.1 Å². The Morgan fingerprint density at radius 2 is 1.77 bits per heavy atom. The molecular weight excluding hydrogens is 396 g/mol. The average Bonchev–Trinajstić information content (AvgIpc) is 3.24. The number of benzene rings is 2. The molecule has 0 saturated carbocycles. The number of anilines is 1. The van der Waals surface area contributed by atoms with E-state index in [2.05, 4.69) is 24.1 Å². The molecule has 1 aromatic heterocycles. The van der Waals surface area contributed by atoms with Gasteiger partial charge in [0.1, 0.15) is 11.5 Å². The van der Waals surface area contributed by atoms with Gasteiger partial charge in [-0.25, -0.2) is 4.98 Å². The summed E-state index contributed by atoms with van der Waals surface area (Å²) in [6.07, 6.45) is 4.28. The van der Waals surface area contributed by atoms with Crippen LogP contribution < -0.4 is 14.8 Å². The van der Waals surface area contributed by atoms with Crippen molar-refractivity contribution in [2.45, 2.75) is 39.5 Å². The van der Waals surface area contributed by atoms with Crippen molar-refractivity contribution in [3.05, 3.63) is 59.5 Å². The lowest BCUT2D eigenvalue weighted by atomic mass is 10.2. The number of rotatable bonds is 11. The van der Waals surface area contributed by atoms with Crippen molar-refractivity contribution >= 4 is 22.4 Å². The number of nitrogens with zero attached hydrogens (tertiary/aromatic N) is 1. The zero-order valence-corrected chi connectivity index (χ0v) is 18.3. The van der Waals surface area contributed by atoms with Gasteiger partial charge in [0.05, 0.1) is 18.9 Å². The third-order valence-electron chi connectivity index (χ3n) is 4.46. The highest BCUT2D eigenvalue weighted by molar-refractivity contribution is 7.14. The SMILES string of the molecule is CCCCCOc1cccc(C(=O)Nc2nc(-c3ccc(OCCC)cc3)cs2)c1. The molecule has 0 radical (unpaired) electrons. The Morgan fingerprint density at radius 1 is 0.967 bits per heavy atom. The number of nitrogens with one attached hydrogen (secondary N) is 1. The molecule has 0 spiro atoms. The first-order chi connectivity index (χ1) is 14.7. The molecule has 3 aromatic rings. The summed E-state index contributed by atoms with van der Waals surface area (Å²) in [4.78, 5) is 17.2. The van der Waals surface area contributed by atoms with E-state index in [1.807, 2.05) is 41.8 Å². The molecule has 0 bridgehead atoms. The summed E-state index contributed by atoms with van der Waals surface area (Å²) >= 11 is 1.40. The van der Waals surface area contributed by atoms with Crippen molar-refractivity contribution in [3.8, 4) is 22.8 Å². The van der Waals surface area contributed by atoms with Crippen molar-refractivity contribution < 1.29 is 14.3 Å². The fraction of sp³-hybridized carbons (Fsp3) is 0.333. The summed E-state index contributed by atoms with van der Waals surface area (Å²) in [7, 11) is 0. The first-order valence-electron chi connectivity index (χ1n) is 10.4. The average molecular weight is 425 g/mol. The third-order valence-corrected chi connectivity index (χ3v) is 5.22. The molecule has 1 amide bonds. The lowest BCUT2D eigenvalue weighted by Gasteiger charge is -2.07. The fourth-order valence-electron chi connectivity index (χ4n) is 2.84. The number of unbranched alkanes of at least 4 members (excludes halogenated alkanes) is 2. The molecular formula is C24H28N2O3S. The van der Waals surface area contributed by atoms with Crippen molar-refractivity contribution in [1.82, 2.24) is 4.98 Å². The van der Waals surface area contributed by atoms with Crippen molar-refractivity contribution in [1.29, 1.82) is 0 Å². The minimum Gasteiger partial charge on any atom is -0.494 e. The van der Waals surface area contributed by atoms with Gasteiger partial charge in [0.15, 0.2) is 5.13 Å². The number of carbonyl (C=O) groups excluding carboxylic acids is 1. The van der Waals surface area contributed by atoms with Gasteiger partial charge in [0.2, 0.25) is 0 Å². The molecule has 6 heteroatoms. The molecule has 158 valence electrons. The Balaban J connectivity index is 1.59. The van der Waals surface area contributed by atoms with Crippen LogP contribution >= 0.6 is 11.3 Å². The van der Waals surface area contributed by atoms with E-state index in [1.54, 1.807) is 12.1 Å². The molecule has 1 N–H and O–H groups in total. The van der Waals surface area contributed by atoms with Gasteiger partial charge in [-0.05, 0) is 55.3 Å². The molecule has 0 unspecified atom stereocenters. The monoisotopic (exact) mass is 424 g/mol. The van der Waals surface area contributed by atoms with Crippen molar-refractivity contribution in [2.75, 3.05) is 18.5 Å². The maximum absolute atomic E-state index is 12.6. The van der Waals surface area contributed by atoms with Crippen molar-refractivity contribution in [3.63, 3.8) is 0 Å². The van der Waals surface area contributed by atoms with Crippen LogP contribution in [0.3, 0.4) is 0 Å². The lowest BCUT2D eigenvalue weighted by Crippen LogP contribution is -2.11. The quantitative estimate of drug-likeness (QED) is 0.361. The standard InChI is InChI=1S/C24H28N2O3S/c1-3-5-6-15-29-21-9-7-8-19(16-21)23(27)26-24-25-22(17-30-24)18-10-12-20(13-11-18)28-14-4-2/h7-13,16-17H,3-6,14-15H2,1-2H3,(H,25,26,27). The van der Waals surface area contributed by atoms with E-state index in [1.165, 1.54) is 11.3 Å². The van der Waals surface area contributed by atoms with E-state index < -0.39 is 0 Å². The highest BCUT2D eigenvalue weighted by Gasteiger charge is 2.11. The zero-order chi connectivity index (χ0) is 21.2. The third kappa shape index (κ3) is 6.32. The number of carbonyl (C=O) groups is 1. The molecule has 0 atom stereocenters. The highest BCUT2D eigenvalue weighted by atomic mass is 32.1. The molecule has 3 rings (SSSR count). The summed E-state index contributed by atoms with van der Waals surface area (Å²) in [5, 5.41) is 5.38. The summed E-state index contributed by atoms with van der Waals surface area (Å²) in [5.41, 5.74) is 2.36. The predicted molar refractivity (Wildman–Crippen MR) is 123 cm³/mol. The first-order valence-corrected chi connectivity index (χ1v) is 11.3. The Morgan fingerprint density at radius 3 is 2.53 bits per heavy atom. The zero-order valence-electron chi connectivity index (χ0n) is 17.5. The number of hydrogen-bond donors (Lipinski definition) is 1. The second-order valence-electron chi connectivity index (χ2n) is 6.95. The van der Waals surface area contributed by atoms with Crippen LogP contribution in [0.25, 0.3) is 11.3 Å². The van der Waals surface area contributed by atoms with Gasteiger partial charge >= 0.3 is 0 Å². The maximum atomic E-state index is 12.6. The number of thiazole rings is 1. The topological polar surface area (TPSA) is 60.5 Å². The molecule has 0 fully saturated rings. The Hall–Kier alpha value is -2.86. The Bertz CT molecular complexity index is 938. The van der Waals surface area contributed by atoms with E-state index in [-0.39, 0.29) is 5.91 Å². The van der Waals surface area contributed by atoms with Crippen LogP contribution in [0.2, 0.25) is 0 Å². The summed E-state index contributed by atoms with van der Waals surface area (Å²) in [6.45, 7) is 5.61.